The number of esters is 1. The summed E-state index contributed by atoms with van der Waals surface area (Å²) in [6, 6.07) is -0.843. The molecular weight excluding hydrogens is 248 g/mol. The number of hydrogen-bond acceptors (Lipinski definition) is 4. The highest BCUT2D eigenvalue weighted by Crippen LogP contribution is 2.07. The van der Waals surface area contributed by atoms with E-state index in [4.69, 9.17) is 0 Å². The van der Waals surface area contributed by atoms with Crippen molar-refractivity contribution in [2.24, 2.45) is 0 Å². The molecule has 0 spiro atoms. The van der Waals surface area contributed by atoms with Crippen molar-refractivity contribution < 1.29 is 19.1 Å². The number of carbonyl (C=O) groups excluding carboxylic acids is 3. The Morgan fingerprint density at radius 2 is 2.05 bits per heavy atom. The maximum Gasteiger partial charge on any atom is 0.308 e. The molecular formula is C13H22N2O4. The SMILES string of the molecule is C=CCCC(=O)N(C)C(CC(=O)OC)C(=O)NCC. The van der Waals surface area contributed by atoms with Crippen LogP contribution in [0.1, 0.15) is 26.2 Å². The number of carbonyl (C=O) groups is 3. The summed E-state index contributed by atoms with van der Waals surface area (Å²) < 4.78 is 4.55. The van der Waals surface area contributed by atoms with Gasteiger partial charge in [-0.3, -0.25) is 14.4 Å². The number of likely N-dealkylation sites (N-methyl/N-ethyl adjacent to an activating group) is 2. The monoisotopic (exact) mass is 270 g/mol. The molecule has 0 aliphatic heterocycles. The van der Waals surface area contributed by atoms with Crippen LogP contribution < -0.4 is 5.32 Å². The normalized spacial score (nSPS) is 11.3. The van der Waals surface area contributed by atoms with Crippen LogP contribution in [0.2, 0.25) is 0 Å². The van der Waals surface area contributed by atoms with Gasteiger partial charge in [-0.25, -0.2) is 0 Å². The number of amides is 2. The molecule has 0 aliphatic carbocycles. The molecule has 6 heteroatoms. The summed E-state index contributed by atoms with van der Waals surface area (Å²) in [5.74, 6) is -1.10. The van der Waals surface area contributed by atoms with Gasteiger partial charge in [-0.1, -0.05) is 6.08 Å². The molecule has 0 saturated carbocycles. The Hall–Kier alpha value is -1.85. The summed E-state index contributed by atoms with van der Waals surface area (Å²) in [5, 5.41) is 2.61. The minimum Gasteiger partial charge on any atom is -0.469 e. The maximum absolute atomic E-state index is 11.9. The van der Waals surface area contributed by atoms with Crippen molar-refractivity contribution in [3.05, 3.63) is 12.7 Å². The van der Waals surface area contributed by atoms with Crippen molar-refractivity contribution in [3.8, 4) is 0 Å². The molecule has 19 heavy (non-hydrogen) atoms. The molecule has 2 amide bonds. The number of methoxy groups -OCH3 is 1. The van der Waals surface area contributed by atoms with E-state index in [1.54, 1.807) is 13.0 Å². The van der Waals surface area contributed by atoms with Gasteiger partial charge in [0.1, 0.15) is 6.04 Å². The molecule has 0 saturated heterocycles. The standard InChI is InChI=1S/C13H22N2O4/c1-5-7-8-11(16)15(3)10(9-12(17)19-4)13(18)14-6-2/h5,10H,1,6-9H2,2-4H3,(H,14,18). The zero-order valence-electron chi connectivity index (χ0n) is 11.8. The van der Waals surface area contributed by atoms with Crippen LogP contribution in [0.3, 0.4) is 0 Å². The lowest BCUT2D eigenvalue weighted by molar-refractivity contribution is -0.147. The molecule has 0 bridgehead atoms. The highest BCUT2D eigenvalue weighted by molar-refractivity contribution is 5.90. The van der Waals surface area contributed by atoms with Crippen LogP contribution in [0.4, 0.5) is 0 Å². The van der Waals surface area contributed by atoms with Crippen molar-refractivity contribution >= 4 is 17.8 Å². The number of ether oxygens (including phenoxy) is 1. The third-order valence-corrected chi connectivity index (χ3v) is 2.66. The Kier molecular flexibility index (Phi) is 8.24. The lowest BCUT2D eigenvalue weighted by Crippen LogP contribution is -2.48. The third kappa shape index (κ3) is 6.03. The molecule has 0 fully saturated rings. The van der Waals surface area contributed by atoms with Crippen molar-refractivity contribution in [2.75, 3.05) is 20.7 Å². The molecule has 1 atom stereocenters. The van der Waals surface area contributed by atoms with Gasteiger partial charge >= 0.3 is 5.97 Å². The highest BCUT2D eigenvalue weighted by Gasteiger charge is 2.28. The van der Waals surface area contributed by atoms with Gasteiger partial charge in [-0.2, -0.15) is 0 Å². The minimum absolute atomic E-state index is 0.154. The van der Waals surface area contributed by atoms with Gasteiger partial charge in [-0.15, -0.1) is 6.58 Å². The minimum atomic E-state index is -0.843. The van der Waals surface area contributed by atoms with E-state index in [1.165, 1.54) is 19.1 Å². The van der Waals surface area contributed by atoms with E-state index in [9.17, 15) is 14.4 Å². The number of allylic oxidation sites excluding steroid dienone is 1. The summed E-state index contributed by atoms with van der Waals surface area (Å²) in [4.78, 5) is 36.3. The molecule has 0 aliphatic rings. The summed E-state index contributed by atoms with van der Waals surface area (Å²) in [6.07, 6.45) is 2.27. The fraction of sp³-hybridized carbons (Fsp3) is 0.615. The van der Waals surface area contributed by atoms with Crippen molar-refractivity contribution in [2.45, 2.75) is 32.2 Å². The Balaban J connectivity index is 4.79. The molecule has 1 unspecified atom stereocenters. The van der Waals surface area contributed by atoms with Gasteiger partial charge in [0, 0.05) is 20.0 Å². The van der Waals surface area contributed by atoms with E-state index in [-0.39, 0.29) is 24.7 Å². The second-order valence-electron chi connectivity index (χ2n) is 4.02. The van der Waals surface area contributed by atoms with Crippen LogP contribution in [0.5, 0.6) is 0 Å². The third-order valence-electron chi connectivity index (χ3n) is 2.66. The second kappa shape index (κ2) is 9.13. The highest BCUT2D eigenvalue weighted by atomic mass is 16.5. The predicted octanol–water partition coefficient (Wildman–Crippen LogP) is 0.479. The largest absolute Gasteiger partial charge is 0.469 e. The Bertz CT molecular complexity index is 342. The Labute approximate surface area is 113 Å². The zero-order valence-corrected chi connectivity index (χ0v) is 11.8. The van der Waals surface area contributed by atoms with Crippen LogP contribution >= 0.6 is 0 Å². The van der Waals surface area contributed by atoms with E-state index < -0.39 is 12.0 Å². The molecule has 0 aromatic carbocycles. The first kappa shape index (κ1) is 17.2. The molecule has 1 N–H and O–H groups in total. The van der Waals surface area contributed by atoms with Crippen molar-refractivity contribution in [3.63, 3.8) is 0 Å². The predicted molar refractivity (Wildman–Crippen MR) is 71.3 cm³/mol. The van der Waals surface area contributed by atoms with Gasteiger partial charge in [0.25, 0.3) is 0 Å². The summed E-state index contributed by atoms with van der Waals surface area (Å²) >= 11 is 0. The molecule has 0 rings (SSSR count). The molecule has 0 heterocycles. The van der Waals surface area contributed by atoms with Gasteiger partial charge in [-0.05, 0) is 13.3 Å². The van der Waals surface area contributed by atoms with Crippen LogP contribution in [-0.4, -0.2) is 49.4 Å². The van der Waals surface area contributed by atoms with Gasteiger partial charge in [0.15, 0.2) is 0 Å². The topological polar surface area (TPSA) is 75.7 Å². The van der Waals surface area contributed by atoms with Crippen LogP contribution in [0, 0.1) is 0 Å². The number of nitrogens with zero attached hydrogens (tertiary/aromatic N) is 1. The molecule has 0 aromatic heterocycles. The Morgan fingerprint density at radius 1 is 1.42 bits per heavy atom. The van der Waals surface area contributed by atoms with E-state index in [1.807, 2.05) is 0 Å². The summed E-state index contributed by atoms with van der Waals surface area (Å²) in [7, 11) is 2.75. The second-order valence-corrected chi connectivity index (χ2v) is 4.02. The number of hydrogen-bond donors (Lipinski definition) is 1. The van der Waals surface area contributed by atoms with Crippen LogP contribution in [0.25, 0.3) is 0 Å². The first-order chi connectivity index (χ1) is 8.97. The van der Waals surface area contributed by atoms with Crippen LogP contribution in [0.15, 0.2) is 12.7 Å². The first-order valence-corrected chi connectivity index (χ1v) is 6.18. The van der Waals surface area contributed by atoms with Crippen LogP contribution in [-0.2, 0) is 19.1 Å². The zero-order chi connectivity index (χ0) is 14.8. The lowest BCUT2D eigenvalue weighted by atomic mass is 10.1. The molecule has 6 nitrogen and oxygen atoms in total. The van der Waals surface area contributed by atoms with Gasteiger partial charge < -0.3 is 15.0 Å². The average Bonchev–Trinajstić information content (AvgIpc) is 2.41. The van der Waals surface area contributed by atoms with E-state index in [2.05, 4.69) is 16.6 Å². The average molecular weight is 270 g/mol. The quantitative estimate of drug-likeness (QED) is 0.514. The van der Waals surface area contributed by atoms with E-state index in [0.29, 0.717) is 13.0 Å². The van der Waals surface area contributed by atoms with E-state index in [0.717, 1.165) is 0 Å². The Morgan fingerprint density at radius 3 is 2.53 bits per heavy atom. The van der Waals surface area contributed by atoms with E-state index >= 15 is 0 Å². The fourth-order valence-corrected chi connectivity index (χ4v) is 1.51. The summed E-state index contributed by atoms with van der Waals surface area (Å²) in [6.45, 7) is 5.75. The lowest BCUT2D eigenvalue weighted by Gasteiger charge is -2.26. The van der Waals surface area contributed by atoms with Gasteiger partial charge in [0.05, 0.1) is 13.5 Å². The smallest absolute Gasteiger partial charge is 0.308 e. The molecule has 108 valence electrons. The fourth-order valence-electron chi connectivity index (χ4n) is 1.51. The van der Waals surface area contributed by atoms with Crippen molar-refractivity contribution in [1.82, 2.24) is 10.2 Å². The van der Waals surface area contributed by atoms with Crippen molar-refractivity contribution in [1.29, 1.82) is 0 Å². The molecule has 0 radical (unpaired) electrons. The number of nitrogens with one attached hydrogen (secondary N) is 1. The van der Waals surface area contributed by atoms with Gasteiger partial charge in [0.2, 0.25) is 11.8 Å². The maximum atomic E-state index is 11.9. The summed E-state index contributed by atoms with van der Waals surface area (Å²) in [5.41, 5.74) is 0. The first-order valence-electron chi connectivity index (χ1n) is 6.18. The number of rotatable bonds is 8. The molecule has 0 aromatic rings.